The van der Waals surface area contributed by atoms with Crippen molar-refractivity contribution in [3.05, 3.63) is 42.4 Å². The largest absolute Gasteiger partial charge is 0.451 e. The van der Waals surface area contributed by atoms with E-state index < -0.39 is 5.97 Å². The van der Waals surface area contributed by atoms with E-state index in [1.807, 2.05) is 45.0 Å². The van der Waals surface area contributed by atoms with Crippen molar-refractivity contribution in [3.8, 4) is 10.7 Å². The minimum absolute atomic E-state index is 0.00831. The van der Waals surface area contributed by atoms with Crippen LogP contribution in [0.3, 0.4) is 0 Å². The van der Waals surface area contributed by atoms with Crippen LogP contribution >= 0.6 is 11.3 Å². The Kier molecular flexibility index (Phi) is 5.75. The minimum atomic E-state index is -0.704. The molecule has 140 valence electrons. The maximum atomic E-state index is 12.5. The van der Waals surface area contributed by atoms with E-state index in [9.17, 15) is 9.59 Å². The molecular formula is C19H20N4O3S. The summed E-state index contributed by atoms with van der Waals surface area (Å²) in [6, 6.07) is 7.65. The molecule has 0 bridgehead atoms. The van der Waals surface area contributed by atoms with E-state index in [4.69, 9.17) is 4.74 Å². The Hall–Kier alpha value is -2.87. The van der Waals surface area contributed by atoms with Gasteiger partial charge in [-0.15, -0.1) is 11.3 Å². The van der Waals surface area contributed by atoms with Crippen molar-refractivity contribution in [2.45, 2.75) is 26.8 Å². The predicted molar refractivity (Wildman–Crippen MR) is 103 cm³/mol. The first-order valence-electron chi connectivity index (χ1n) is 8.59. The molecule has 7 nitrogen and oxygen atoms in total. The molecule has 1 amide bonds. The molecule has 0 aliphatic carbocycles. The Balaban J connectivity index is 1.75. The Morgan fingerprint density at radius 2 is 1.89 bits per heavy atom. The Labute approximate surface area is 160 Å². The second kappa shape index (κ2) is 8.22. The normalized spacial score (nSPS) is 12.1. The summed E-state index contributed by atoms with van der Waals surface area (Å²) in [6.45, 7) is 5.53. The molecule has 0 aliphatic heterocycles. The van der Waals surface area contributed by atoms with E-state index in [1.54, 1.807) is 0 Å². The number of aromatic nitrogens is 3. The zero-order chi connectivity index (χ0) is 19.4. The van der Waals surface area contributed by atoms with Gasteiger partial charge in [0, 0.05) is 18.4 Å². The van der Waals surface area contributed by atoms with E-state index in [0.717, 1.165) is 10.2 Å². The van der Waals surface area contributed by atoms with Crippen molar-refractivity contribution < 1.29 is 14.3 Å². The van der Waals surface area contributed by atoms with Gasteiger partial charge in [-0.1, -0.05) is 26.0 Å². The van der Waals surface area contributed by atoms with Crippen molar-refractivity contribution in [2.24, 2.45) is 5.92 Å². The molecule has 0 saturated heterocycles. The number of rotatable bonds is 6. The fourth-order valence-electron chi connectivity index (χ4n) is 2.28. The van der Waals surface area contributed by atoms with Gasteiger partial charge in [-0.25, -0.2) is 19.7 Å². The topological polar surface area (TPSA) is 94.1 Å². The molecule has 1 aromatic carbocycles. The quantitative estimate of drug-likeness (QED) is 0.657. The van der Waals surface area contributed by atoms with E-state index in [-0.39, 0.29) is 30.2 Å². The van der Waals surface area contributed by atoms with Gasteiger partial charge in [0.25, 0.3) is 5.91 Å². The highest BCUT2D eigenvalue weighted by molar-refractivity contribution is 7.21. The molecule has 1 unspecified atom stereocenters. The predicted octanol–water partition coefficient (Wildman–Crippen LogP) is 3.07. The fourth-order valence-corrected chi connectivity index (χ4v) is 3.24. The monoisotopic (exact) mass is 384 g/mol. The number of carbonyl (C=O) groups excluding carboxylic acids is 2. The number of ether oxygens (including phenoxy) is 1. The molecule has 3 aromatic rings. The Bertz CT molecular complexity index is 937. The maximum Gasteiger partial charge on any atom is 0.359 e. The highest BCUT2D eigenvalue weighted by Gasteiger charge is 2.21. The molecular weight excluding hydrogens is 364 g/mol. The second-order valence-corrected chi connectivity index (χ2v) is 7.45. The number of nitrogens with one attached hydrogen (secondary N) is 1. The number of benzene rings is 1. The standard InChI is InChI=1S/C19H20N4O3S/c1-11(2)12(3)22-15(24)10-26-19(25)17-16(20-8-9-21-17)18-23-13-6-4-5-7-14(13)27-18/h4-9,11-12H,10H2,1-3H3,(H,22,24). The number of amides is 1. The average Bonchev–Trinajstić information content (AvgIpc) is 3.10. The average molecular weight is 384 g/mol. The molecule has 0 aliphatic rings. The van der Waals surface area contributed by atoms with Crippen molar-refractivity contribution in [2.75, 3.05) is 6.61 Å². The van der Waals surface area contributed by atoms with Gasteiger partial charge in [-0.3, -0.25) is 4.79 Å². The van der Waals surface area contributed by atoms with Crippen LogP contribution in [0.4, 0.5) is 0 Å². The molecule has 2 heterocycles. The van der Waals surface area contributed by atoms with Crippen molar-refractivity contribution >= 4 is 33.4 Å². The summed E-state index contributed by atoms with van der Waals surface area (Å²) in [5.74, 6) is -0.769. The molecule has 1 N–H and O–H groups in total. The molecule has 1 atom stereocenters. The number of fused-ring (bicyclic) bond motifs is 1. The van der Waals surface area contributed by atoms with Crippen LogP contribution in [-0.2, 0) is 9.53 Å². The lowest BCUT2D eigenvalue weighted by Gasteiger charge is -2.17. The van der Waals surface area contributed by atoms with Crippen LogP contribution in [0.1, 0.15) is 31.3 Å². The highest BCUT2D eigenvalue weighted by atomic mass is 32.1. The molecule has 0 saturated carbocycles. The molecule has 0 fully saturated rings. The van der Waals surface area contributed by atoms with Crippen LogP contribution in [0.25, 0.3) is 20.9 Å². The number of carbonyl (C=O) groups is 2. The summed E-state index contributed by atoms with van der Waals surface area (Å²) >= 11 is 1.42. The van der Waals surface area contributed by atoms with Crippen LogP contribution in [0.15, 0.2) is 36.7 Å². The zero-order valence-corrected chi connectivity index (χ0v) is 16.1. The highest BCUT2D eigenvalue weighted by Crippen LogP contribution is 2.30. The lowest BCUT2D eigenvalue weighted by Crippen LogP contribution is -2.38. The van der Waals surface area contributed by atoms with Gasteiger partial charge in [0.2, 0.25) is 0 Å². The first kappa shape index (κ1) is 18.9. The summed E-state index contributed by atoms with van der Waals surface area (Å²) in [5.41, 5.74) is 1.21. The molecule has 0 radical (unpaired) electrons. The SMILES string of the molecule is CC(C)C(C)NC(=O)COC(=O)c1nccnc1-c1nc2ccccc2s1. The first-order chi connectivity index (χ1) is 13.0. The third kappa shape index (κ3) is 4.46. The van der Waals surface area contributed by atoms with Gasteiger partial charge in [0.15, 0.2) is 12.3 Å². The summed E-state index contributed by atoms with van der Waals surface area (Å²) in [7, 11) is 0. The summed E-state index contributed by atoms with van der Waals surface area (Å²) < 4.78 is 6.12. The summed E-state index contributed by atoms with van der Waals surface area (Å²) in [6.07, 6.45) is 2.91. The first-order valence-corrected chi connectivity index (χ1v) is 9.40. The smallest absolute Gasteiger partial charge is 0.359 e. The van der Waals surface area contributed by atoms with Crippen LogP contribution in [0, 0.1) is 5.92 Å². The lowest BCUT2D eigenvalue weighted by atomic mass is 10.1. The van der Waals surface area contributed by atoms with Crippen molar-refractivity contribution in [1.82, 2.24) is 20.3 Å². The zero-order valence-electron chi connectivity index (χ0n) is 15.3. The number of nitrogens with zero attached hydrogens (tertiary/aromatic N) is 3. The number of hydrogen-bond acceptors (Lipinski definition) is 7. The Morgan fingerprint density at radius 1 is 1.15 bits per heavy atom. The summed E-state index contributed by atoms with van der Waals surface area (Å²) in [5, 5.41) is 3.37. The second-order valence-electron chi connectivity index (χ2n) is 6.42. The van der Waals surface area contributed by atoms with Crippen LogP contribution < -0.4 is 5.32 Å². The maximum absolute atomic E-state index is 12.5. The molecule has 2 aromatic heterocycles. The van der Waals surface area contributed by atoms with Gasteiger partial charge < -0.3 is 10.1 Å². The van der Waals surface area contributed by atoms with E-state index in [2.05, 4.69) is 20.3 Å². The van der Waals surface area contributed by atoms with Crippen molar-refractivity contribution in [1.29, 1.82) is 0 Å². The number of esters is 1. The van der Waals surface area contributed by atoms with E-state index in [0.29, 0.717) is 10.7 Å². The molecule has 8 heteroatoms. The molecule has 0 spiro atoms. The number of hydrogen-bond donors (Lipinski definition) is 1. The molecule has 3 rings (SSSR count). The van der Waals surface area contributed by atoms with E-state index in [1.165, 1.54) is 23.7 Å². The van der Waals surface area contributed by atoms with Crippen molar-refractivity contribution in [3.63, 3.8) is 0 Å². The number of para-hydroxylation sites is 1. The van der Waals surface area contributed by atoms with Gasteiger partial charge in [-0.2, -0.15) is 0 Å². The minimum Gasteiger partial charge on any atom is -0.451 e. The Morgan fingerprint density at radius 3 is 2.63 bits per heavy atom. The van der Waals surface area contributed by atoms with Crippen LogP contribution in [0.5, 0.6) is 0 Å². The third-order valence-electron chi connectivity index (χ3n) is 4.11. The fraction of sp³-hybridized carbons (Fsp3) is 0.316. The lowest BCUT2D eigenvalue weighted by molar-refractivity contribution is -0.125. The van der Waals surface area contributed by atoms with Gasteiger partial charge in [0.1, 0.15) is 10.7 Å². The van der Waals surface area contributed by atoms with Crippen LogP contribution in [-0.4, -0.2) is 39.5 Å². The van der Waals surface area contributed by atoms with Gasteiger partial charge in [0.05, 0.1) is 10.2 Å². The third-order valence-corrected chi connectivity index (χ3v) is 5.15. The van der Waals surface area contributed by atoms with E-state index >= 15 is 0 Å². The van der Waals surface area contributed by atoms with Gasteiger partial charge in [-0.05, 0) is 25.0 Å². The number of thiazole rings is 1. The van der Waals surface area contributed by atoms with Gasteiger partial charge >= 0.3 is 5.97 Å². The van der Waals surface area contributed by atoms with Crippen LogP contribution in [0.2, 0.25) is 0 Å². The summed E-state index contributed by atoms with van der Waals surface area (Å²) in [4.78, 5) is 37.2. The molecule has 27 heavy (non-hydrogen) atoms.